The van der Waals surface area contributed by atoms with Crippen molar-refractivity contribution in [1.29, 1.82) is 5.26 Å². The summed E-state index contributed by atoms with van der Waals surface area (Å²) in [5.41, 5.74) is 0. The monoisotopic (exact) mass is 182 g/mol. The first-order valence-electron chi connectivity index (χ1n) is 4.48. The van der Waals surface area contributed by atoms with E-state index >= 15 is 0 Å². The molecule has 1 heterocycles. The van der Waals surface area contributed by atoms with E-state index in [1.165, 1.54) is 0 Å². The Kier molecular flexibility index (Phi) is 3.26. The molecule has 1 fully saturated rings. The van der Waals surface area contributed by atoms with Gasteiger partial charge in [-0.1, -0.05) is 6.92 Å². The van der Waals surface area contributed by atoms with Crippen molar-refractivity contribution in [3.63, 3.8) is 0 Å². The molecule has 4 nitrogen and oxygen atoms in total. The number of carbonyl (C=O) groups is 1. The van der Waals surface area contributed by atoms with Crippen LogP contribution in [-0.2, 0) is 4.79 Å². The van der Waals surface area contributed by atoms with Gasteiger partial charge in [-0.25, -0.2) is 0 Å². The van der Waals surface area contributed by atoms with E-state index in [1.54, 1.807) is 4.90 Å². The molecule has 0 bridgehead atoms. The van der Waals surface area contributed by atoms with Gasteiger partial charge in [0.15, 0.2) is 0 Å². The lowest BCUT2D eigenvalue weighted by Crippen LogP contribution is -2.44. The highest BCUT2D eigenvalue weighted by Gasteiger charge is 2.26. The van der Waals surface area contributed by atoms with Crippen molar-refractivity contribution in [3.8, 4) is 6.07 Å². The van der Waals surface area contributed by atoms with Crippen LogP contribution in [0, 0.1) is 17.2 Å². The maximum atomic E-state index is 11.3. The summed E-state index contributed by atoms with van der Waals surface area (Å²) < 4.78 is 0. The summed E-state index contributed by atoms with van der Waals surface area (Å²) in [7, 11) is 0. The van der Waals surface area contributed by atoms with Crippen molar-refractivity contribution in [3.05, 3.63) is 0 Å². The molecule has 0 spiro atoms. The highest BCUT2D eigenvalue weighted by Crippen LogP contribution is 2.16. The maximum absolute atomic E-state index is 11.3. The van der Waals surface area contributed by atoms with Gasteiger partial charge in [0.25, 0.3) is 0 Å². The number of likely N-dealkylation sites (tertiary alicyclic amines) is 1. The van der Waals surface area contributed by atoms with Crippen LogP contribution in [0.1, 0.15) is 19.8 Å². The van der Waals surface area contributed by atoms with Crippen molar-refractivity contribution in [1.82, 2.24) is 4.90 Å². The van der Waals surface area contributed by atoms with E-state index in [0.717, 1.165) is 0 Å². The number of amides is 1. The molecule has 2 atom stereocenters. The summed E-state index contributed by atoms with van der Waals surface area (Å²) in [6.07, 6.45) is 0.271. The highest BCUT2D eigenvalue weighted by atomic mass is 16.3. The lowest BCUT2D eigenvalue weighted by Gasteiger charge is -2.33. The summed E-state index contributed by atoms with van der Waals surface area (Å²) in [4.78, 5) is 12.9. The maximum Gasteiger partial charge on any atom is 0.236 e. The first-order chi connectivity index (χ1) is 6.15. The second-order valence-corrected chi connectivity index (χ2v) is 3.51. The van der Waals surface area contributed by atoms with Crippen LogP contribution in [0.15, 0.2) is 0 Å². The molecule has 1 aliphatic rings. The van der Waals surface area contributed by atoms with Gasteiger partial charge in [0.05, 0.1) is 12.2 Å². The van der Waals surface area contributed by atoms with Gasteiger partial charge in [0, 0.05) is 13.1 Å². The standard InChI is InChI=1S/C9H14N2O2/c1-7-6-11(5-3-8(7)12)9(13)2-4-10/h7-8,12H,2-3,5-6H2,1H3/t7-,8-/m1/s1. The summed E-state index contributed by atoms with van der Waals surface area (Å²) in [5.74, 6) is -0.00218. The number of piperidine rings is 1. The molecule has 0 radical (unpaired) electrons. The smallest absolute Gasteiger partial charge is 0.236 e. The molecule has 72 valence electrons. The van der Waals surface area contributed by atoms with Crippen LogP contribution in [0.25, 0.3) is 0 Å². The first kappa shape index (κ1) is 10.0. The molecule has 13 heavy (non-hydrogen) atoms. The lowest BCUT2D eigenvalue weighted by molar-refractivity contribution is -0.133. The topological polar surface area (TPSA) is 64.3 Å². The SMILES string of the molecule is C[C@@H]1CN(C(=O)CC#N)CC[C@H]1O. The van der Waals surface area contributed by atoms with Crippen LogP contribution < -0.4 is 0 Å². The fourth-order valence-corrected chi connectivity index (χ4v) is 1.54. The molecule has 1 N–H and O–H groups in total. The Bertz CT molecular complexity index is 234. The van der Waals surface area contributed by atoms with Gasteiger partial charge in [0.1, 0.15) is 6.42 Å². The number of aliphatic hydroxyl groups excluding tert-OH is 1. The Morgan fingerprint density at radius 2 is 2.46 bits per heavy atom. The Morgan fingerprint density at radius 1 is 1.77 bits per heavy atom. The molecule has 4 heteroatoms. The van der Waals surface area contributed by atoms with Crippen molar-refractivity contribution >= 4 is 5.91 Å². The van der Waals surface area contributed by atoms with E-state index < -0.39 is 0 Å². The van der Waals surface area contributed by atoms with Gasteiger partial charge < -0.3 is 10.0 Å². The summed E-state index contributed by atoms with van der Waals surface area (Å²) >= 11 is 0. The molecular formula is C9H14N2O2. The van der Waals surface area contributed by atoms with Crippen LogP contribution in [0.2, 0.25) is 0 Å². The van der Waals surface area contributed by atoms with Crippen molar-refractivity contribution in [2.24, 2.45) is 5.92 Å². The highest BCUT2D eigenvalue weighted by molar-refractivity contribution is 5.78. The molecule has 1 saturated heterocycles. The van der Waals surface area contributed by atoms with Gasteiger partial charge in [-0.15, -0.1) is 0 Å². The predicted molar refractivity (Wildman–Crippen MR) is 46.6 cm³/mol. The van der Waals surface area contributed by atoms with Gasteiger partial charge in [0.2, 0.25) is 5.91 Å². The number of hydrogen-bond acceptors (Lipinski definition) is 3. The van der Waals surface area contributed by atoms with E-state index in [0.29, 0.717) is 19.5 Å². The van der Waals surface area contributed by atoms with Crippen LogP contribution in [-0.4, -0.2) is 35.1 Å². The van der Waals surface area contributed by atoms with E-state index in [1.807, 2.05) is 13.0 Å². The Labute approximate surface area is 77.8 Å². The second-order valence-electron chi connectivity index (χ2n) is 3.51. The van der Waals surface area contributed by atoms with Crippen LogP contribution in [0.5, 0.6) is 0 Å². The van der Waals surface area contributed by atoms with Crippen molar-refractivity contribution < 1.29 is 9.90 Å². The van der Waals surface area contributed by atoms with Crippen LogP contribution >= 0.6 is 0 Å². The quantitative estimate of drug-likeness (QED) is 0.627. The Hall–Kier alpha value is -1.08. The minimum absolute atomic E-state index is 0.0528. The minimum Gasteiger partial charge on any atom is -0.393 e. The number of hydrogen-bond donors (Lipinski definition) is 1. The average Bonchev–Trinajstić information content (AvgIpc) is 2.10. The number of rotatable bonds is 1. The third-order valence-electron chi connectivity index (χ3n) is 2.44. The zero-order valence-electron chi connectivity index (χ0n) is 7.73. The summed E-state index contributed by atoms with van der Waals surface area (Å²) in [6.45, 7) is 3.06. The normalized spacial score (nSPS) is 28.2. The third-order valence-corrected chi connectivity index (χ3v) is 2.44. The molecule has 1 rings (SSSR count). The molecule has 1 amide bonds. The molecule has 0 aliphatic carbocycles. The average molecular weight is 182 g/mol. The Morgan fingerprint density at radius 3 is 3.00 bits per heavy atom. The number of carbonyl (C=O) groups excluding carboxylic acids is 1. The largest absolute Gasteiger partial charge is 0.393 e. The minimum atomic E-state index is -0.300. The first-order valence-corrected chi connectivity index (χ1v) is 4.48. The fraction of sp³-hybridized carbons (Fsp3) is 0.778. The summed E-state index contributed by atoms with van der Waals surface area (Å²) in [5, 5.41) is 17.7. The van der Waals surface area contributed by atoms with E-state index in [9.17, 15) is 9.90 Å². The molecule has 0 saturated carbocycles. The zero-order valence-corrected chi connectivity index (χ0v) is 7.73. The zero-order chi connectivity index (χ0) is 9.84. The van der Waals surface area contributed by atoms with Gasteiger partial charge in [-0.3, -0.25) is 4.79 Å². The predicted octanol–water partition coefficient (Wildman–Crippen LogP) is 0.129. The number of nitriles is 1. The van der Waals surface area contributed by atoms with Crippen molar-refractivity contribution in [2.45, 2.75) is 25.9 Å². The summed E-state index contributed by atoms with van der Waals surface area (Å²) in [6, 6.07) is 1.84. The molecule has 1 aliphatic heterocycles. The third kappa shape index (κ3) is 2.43. The fourth-order valence-electron chi connectivity index (χ4n) is 1.54. The Balaban J connectivity index is 2.46. The molecular weight excluding hydrogens is 168 g/mol. The van der Waals surface area contributed by atoms with E-state index in [4.69, 9.17) is 5.26 Å². The number of aliphatic hydroxyl groups is 1. The van der Waals surface area contributed by atoms with Gasteiger partial charge >= 0.3 is 0 Å². The molecule has 0 aromatic rings. The van der Waals surface area contributed by atoms with E-state index in [-0.39, 0.29) is 24.3 Å². The second kappa shape index (κ2) is 4.24. The molecule has 0 aromatic heterocycles. The van der Waals surface area contributed by atoms with Gasteiger partial charge in [-0.2, -0.15) is 5.26 Å². The van der Waals surface area contributed by atoms with Crippen LogP contribution in [0.4, 0.5) is 0 Å². The molecule has 0 unspecified atom stereocenters. The van der Waals surface area contributed by atoms with E-state index in [2.05, 4.69) is 0 Å². The van der Waals surface area contributed by atoms with Crippen LogP contribution in [0.3, 0.4) is 0 Å². The van der Waals surface area contributed by atoms with Gasteiger partial charge in [-0.05, 0) is 12.3 Å². The lowest BCUT2D eigenvalue weighted by atomic mass is 9.96. The molecule has 0 aromatic carbocycles. The number of nitrogens with zero attached hydrogens (tertiary/aromatic N) is 2. The van der Waals surface area contributed by atoms with Crippen molar-refractivity contribution in [2.75, 3.05) is 13.1 Å².